The Morgan fingerprint density at radius 3 is 2.57 bits per heavy atom. The van der Waals surface area contributed by atoms with Crippen LogP contribution in [-0.4, -0.2) is 30.6 Å². The molecule has 37 heavy (non-hydrogen) atoms. The fourth-order valence-electron chi connectivity index (χ4n) is 3.64. The molecule has 1 N–H and O–H groups in total. The van der Waals surface area contributed by atoms with E-state index in [4.69, 9.17) is 14.2 Å². The van der Waals surface area contributed by atoms with E-state index in [1.807, 2.05) is 5.32 Å². The summed E-state index contributed by atoms with van der Waals surface area (Å²) in [6, 6.07) is 11.7. The number of imide groups is 2. The predicted octanol–water partition coefficient (Wildman–Crippen LogP) is 4.97. The summed E-state index contributed by atoms with van der Waals surface area (Å²) >= 11 is 6.66. The molecule has 0 atom stereocenters. The second-order valence-corrected chi connectivity index (χ2v) is 9.44. The quantitative estimate of drug-likeness (QED) is 0.187. The zero-order valence-electron chi connectivity index (χ0n) is 18.4. The van der Waals surface area contributed by atoms with Crippen molar-refractivity contribution in [3.8, 4) is 17.2 Å². The summed E-state index contributed by atoms with van der Waals surface area (Å²) in [7, 11) is 0. The van der Waals surface area contributed by atoms with Gasteiger partial charge in [0, 0.05) is 10.0 Å². The maximum absolute atomic E-state index is 14.4. The number of hydrogen-bond acceptors (Lipinski definition) is 7. The van der Waals surface area contributed by atoms with Crippen LogP contribution in [0, 0.1) is 5.82 Å². The Morgan fingerprint density at radius 2 is 1.78 bits per heavy atom. The van der Waals surface area contributed by atoms with Gasteiger partial charge in [0.25, 0.3) is 11.8 Å². The smallest absolute Gasteiger partial charge is 0.343 e. The number of ether oxygens (including phenoxy) is 3. The highest BCUT2D eigenvalue weighted by atomic mass is 79.9. The highest BCUT2D eigenvalue weighted by Gasteiger charge is 2.38. The van der Waals surface area contributed by atoms with Gasteiger partial charge in [0.15, 0.2) is 17.2 Å². The van der Waals surface area contributed by atoms with E-state index in [2.05, 4.69) is 31.9 Å². The number of carbonyl (C=O) groups is 4. The number of fused-ring (bicyclic) bond motifs is 1. The van der Waals surface area contributed by atoms with Gasteiger partial charge >= 0.3 is 12.0 Å². The maximum atomic E-state index is 14.4. The average molecular weight is 632 g/mol. The molecule has 2 heterocycles. The molecule has 0 aromatic heterocycles. The number of urea groups is 1. The molecule has 2 aliphatic heterocycles. The van der Waals surface area contributed by atoms with Crippen LogP contribution < -0.4 is 24.4 Å². The number of rotatable bonds is 4. The van der Waals surface area contributed by atoms with E-state index in [1.54, 1.807) is 12.1 Å². The Hall–Kier alpha value is -4.03. The first-order valence-corrected chi connectivity index (χ1v) is 12.1. The lowest BCUT2D eigenvalue weighted by Crippen LogP contribution is -2.54. The minimum atomic E-state index is -1.10. The fraction of sp³-hybridized carbons (Fsp3) is 0.0400. The Morgan fingerprint density at radius 1 is 1.03 bits per heavy atom. The molecule has 3 aromatic rings. The molecule has 186 valence electrons. The molecule has 5 rings (SSSR count). The molecular formula is C25H13Br2FN2O7. The molecule has 1 fully saturated rings. The number of para-hydroxylation sites is 1. The first-order valence-electron chi connectivity index (χ1n) is 10.5. The number of nitrogens with one attached hydrogen (secondary N) is 1. The molecule has 0 saturated carbocycles. The van der Waals surface area contributed by atoms with Crippen LogP contribution in [0.25, 0.3) is 6.08 Å². The molecule has 0 radical (unpaired) electrons. The van der Waals surface area contributed by atoms with Crippen LogP contribution in [0.1, 0.15) is 15.9 Å². The number of amides is 4. The predicted molar refractivity (Wildman–Crippen MR) is 135 cm³/mol. The van der Waals surface area contributed by atoms with E-state index >= 15 is 0 Å². The molecule has 1 saturated heterocycles. The number of esters is 1. The number of nitrogens with zero attached hydrogens (tertiary/aromatic N) is 1. The van der Waals surface area contributed by atoms with Crippen LogP contribution in [-0.2, 0) is 9.59 Å². The Balaban J connectivity index is 1.53. The molecular weight excluding hydrogens is 619 g/mol. The third kappa shape index (κ3) is 4.72. The Kier molecular flexibility index (Phi) is 6.52. The molecule has 9 nitrogen and oxygen atoms in total. The third-order valence-electron chi connectivity index (χ3n) is 5.34. The van der Waals surface area contributed by atoms with Gasteiger partial charge in [-0.05, 0) is 64.5 Å². The molecule has 4 amide bonds. The van der Waals surface area contributed by atoms with Crippen LogP contribution in [0.3, 0.4) is 0 Å². The summed E-state index contributed by atoms with van der Waals surface area (Å²) in [5, 5.41) is 2.03. The molecule has 0 bridgehead atoms. The molecule has 0 spiro atoms. The Bertz CT molecular complexity index is 1540. The van der Waals surface area contributed by atoms with Crippen molar-refractivity contribution < 1.29 is 37.8 Å². The minimum Gasteiger partial charge on any atom is -0.454 e. The van der Waals surface area contributed by atoms with E-state index in [0.29, 0.717) is 25.3 Å². The number of barbiturate groups is 1. The number of benzene rings is 3. The maximum Gasteiger partial charge on any atom is 0.343 e. The summed E-state index contributed by atoms with van der Waals surface area (Å²) in [5.41, 5.74) is -0.487. The highest BCUT2D eigenvalue weighted by molar-refractivity contribution is 9.11. The number of hydrogen-bond donors (Lipinski definition) is 1. The lowest BCUT2D eigenvalue weighted by molar-refractivity contribution is -0.122. The molecule has 12 heteroatoms. The van der Waals surface area contributed by atoms with Crippen LogP contribution in [0.4, 0.5) is 14.9 Å². The van der Waals surface area contributed by atoms with Crippen LogP contribution in [0.5, 0.6) is 17.2 Å². The van der Waals surface area contributed by atoms with Crippen molar-refractivity contribution in [2.24, 2.45) is 0 Å². The average Bonchev–Trinajstić information content (AvgIpc) is 3.32. The lowest BCUT2D eigenvalue weighted by Gasteiger charge is -2.26. The monoisotopic (exact) mass is 630 g/mol. The second kappa shape index (κ2) is 9.79. The topological polar surface area (TPSA) is 111 Å². The van der Waals surface area contributed by atoms with Gasteiger partial charge in [-0.1, -0.05) is 28.1 Å². The van der Waals surface area contributed by atoms with Crippen molar-refractivity contribution in [2.75, 3.05) is 11.7 Å². The van der Waals surface area contributed by atoms with Crippen molar-refractivity contribution in [3.05, 3.63) is 86.1 Å². The highest BCUT2D eigenvalue weighted by Crippen LogP contribution is 2.37. The fourth-order valence-corrected chi connectivity index (χ4v) is 4.97. The van der Waals surface area contributed by atoms with Crippen molar-refractivity contribution in [1.29, 1.82) is 0 Å². The van der Waals surface area contributed by atoms with Gasteiger partial charge in [-0.2, -0.15) is 0 Å². The first kappa shape index (κ1) is 24.7. The van der Waals surface area contributed by atoms with E-state index in [-0.39, 0.29) is 29.4 Å². The van der Waals surface area contributed by atoms with Gasteiger partial charge in [0.05, 0.1) is 15.7 Å². The first-order chi connectivity index (χ1) is 17.7. The molecule has 0 unspecified atom stereocenters. The summed E-state index contributed by atoms with van der Waals surface area (Å²) in [6.07, 6.45) is 1.15. The number of carbonyl (C=O) groups excluding carboxylic acids is 4. The van der Waals surface area contributed by atoms with Crippen molar-refractivity contribution in [3.63, 3.8) is 0 Å². The SMILES string of the molecule is O=C1NC(=O)N(c2ccccc2F)C(=O)/C1=C\c1cc(Br)cc(Br)c1OC(=O)c1ccc2c(c1)OCO2. The zero-order chi connectivity index (χ0) is 26.3. The standard InChI is InChI=1S/C25H13Br2FN2O7/c26-14-7-13(8-15-22(31)29-25(34)30(23(15)32)18-4-2-1-3-17(18)28)21(16(27)10-14)37-24(33)12-5-6-19-20(9-12)36-11-35-19/h1-10H,11H2,(H,29,31,34)/b15-8-. The summed E-state index contributed by atoms with van der Waals surface area (Å²) in [4.78, 5) is 51.7. The van der Waals surface area contributed by atoms with Gasteiger partial charge in [-0.3, -0.25) is 14.9 Å². The van der Waals surface area contributed by atoms with Gasteiger partial charge in [0.1, 0.15) is 11.4 Å². The summed E-state index contributed by atoms with van der Waals surface area (Å²) < 4.78 is 31.4. The normalized spacial score (nSPS) is 15.7. The van der Waals surface area contributed by atoms with Crippen LogP contribution >= 0.6 is 31.9 Å². The van der Waals surface area contributed by atoms with Gasteiger partial charge < -0.3 is 14.2 Å². The van der Waals surface area contributed by atoms with E-state index in [1.165, 1.54) is 36.4 Å². The molecule has 3 aromatic carbocycles. The lowest BCUT2D eigenvalue weighted by atomic mass is 10.1. The van der Waals surface area contributed by atoms with E-state index < -0.39 is 35.2 Å². The second-order valence-electron chi connectivity index (χ2n) is 7.67. The minimum absolute atomic E-state index is 0.00620. The van der Waals surface area contributed by atoms with Gasteiger partial charge in [0.2, 0.25) is 6.79 Å². The van der Waals surface area contributed by atoms with E-state index in [9.17, 15) is 23.6 Å². The number of anilines is 1. The largest absolute Gasteiger partial charge is 0.454 e. The molecule has 0 aliphatic carbocycles. The zero-order valence-corrected chi connectivity index (χ0v) is 21.6. The van der Waals surface area contributed by atoms with Gasteiger partial charge in [-0.25, -0.2) is 18.9 Å². The van der Waals surface area contributed by atoms with E-state index in [0.717, 1.165) is 12.1 Å². The van der Waals surface area contributed by atoms with Crippen molar-refractivity contribution >= 4 is 67.4 Å². The van der Waals surface area contributed by atoms with Crippen molar-refractivity contribution in [1.82, 2.24) is 5.32 Å². The Labute approximate surface area is 225 Å². The summed E-state index contributed by atoms with van der Waals surface area (Å²) in [6.45, 7) is 0.0340. The van der Waals surface area contributed by atoms with Crippen LogP contribution in [0.15, 0.2) is 69.1 Å². The van der Waals surface area contributed by atoms with Gasteiger partial charge in [-0.15, -0.1) is 0 Å². The van der Waals surface area contributed by atoms with Crippen molar-refractivity contribution in [2.45, 2.75) is 0 Å². The third-order valence-corrected chi connectivity index (χ3v) is 6.38. The number of halogens is 3. The van der Waals surface area contributed by atoms with Crippen LogP contribution in [0.2, 0.25) is 0 Å². The molecule has 2 aliphatic rings. The summed E-state index contributed by atoms with van der Waals surface area (Å²) in [5.74, 6) is -2.76.